The van der Waals surface area contributed by atoms with Crippen molar-refractivity contribution in [2.24, 2.45) is 0 Å². The predicted molar refractivity (Wildman–Crippen MR) is 150 cm³/mol. The van der Waals surface area contributed by atoms with Crippen LogP contribution in [0, 0.1) is 6.92 Å². The van der Waals surface area contributed by atoms with Gasteiger partial charge in [0.1, 0.15) is 24.1 Å². The number of carbonyl (C=O) groups excluding carboxylic acids is 2. The van der Waals surface area contributed by atoms with Crippen LogP contribution in [0.15, 0.2) is 77.7 Å². The molecule has 1 N–H and O–H groups in total. The van der Waals surface area contributed by atoms with E-state index in [2.05, 4.69) is 5.32 Å². The number of methoxy groups -OCH3 is 2. The molecule has 3 rings (SSSR count). The van der Waals surface area contributed by atoms with E-state index in [0.717, 1.165) is 15.4 Å². The van der Waals surface area contributed by atoms with E-state index in [9.17, 15) is 18.0 Å². The van der Waals surface area contributed by atoms with E-state index in [0.29, 0.717) is 12.3 Å². The fourth-order valence-corrected chi connectivity index (χ4v) is 5.44. The third-order valence-corrected chi connectivity index (χ3v) is 8.03. The molecule has 39 heavy (non-hydrogen) atoms. The zero-order valence-electron chi connectivity index (χ0n) is 22.9. The van der Waals surface area contributed by atoms with Crippen molar-refractivity contribution < 1.29 is 27.5 Å². The molecule has 0 aliphatic rings. The van der Waals surface area contributed by atoms with Gasteiger partial charge in [0.25, 0.3) is 10.0 Å². The third kappa shape index (κ3) is 7.08. The SMILES string of the molecule is CCNC(=O)[C@@H](C)N(Cc1ccccc1)C(=O)CN(c1cc(OC)ccc1OC)S(=O)(=O)c1ccc(C)cc1. The highest BCUT2D eigenvalue weighted by atomic mass is 32.2. The number of ether oxygens (including phenoxy) is 2. The van der Waals surface area contributed by atoms with Crippen LogP contribution in [0.1, 0.15) is 25.0 Å². The minimum Gasteiger partial charge on any atom is -0.497 e. The van der Waals surface area contributed by atoms with Crippen molar-refractivity contribution in [2.45, 2.75) is 38.3 Å². The van der Waals surface area contributed by atoms with Gasteiger partial charge in [-0.1, -0.05) is 48.0 Å². The molecule has 0 aliphatic carbocycles. The third-order valence-electron chi connectivity index (χ3n) is 6.26. The van der Waals surface area contributed by atoms with E-state index in [4.69, 9.17) is 9.47 Å². The summed E-state index contributed by atoms with van der Waals surface area (Å²) in [5, 5.41) is 2.74. The summed E-state index contributed by atoms with van der Waals surface area (Å²) >= 11 is 0. The molecule has 0 unspecified atom stereocenters. The summed E-state index contributed by atoms with van der Waals surface area (Å²) in [4.78, 5) is 28.1. The molecule has 0 saturated carbocycles. The van der Waals surface area contributed by atoms with Crippen LogP contribution in [0.4, 0.5) is 5.69 Å². The summed E-state index contributed by atoms with van der Waals surface area (Å²) in [5.74, 6) is -0.267. The Balaban J connectivity index is 2.11. The van der Waals surface area contributed by atoms with Gasteiger partial charge in [0, 0.05) is 19.2 Å². The summed E-state index contributed by atoms with van der Waals surface area (Å²) in [6.07, 6.45) is 0. The molecule has 9 nitrogen and oxygen atoms in total. The van der Waals surface area contributed by atoms with Crippen LogP contribution in [0.5, 0.6) is 11.5 Å². The molecule has 208 valence electrons. The van der Waals surface area contributed by atoms with Gasteiger partial charge < -0.3 is 19.7 Å². The van der Waals surface area contributed by atoms with Crippen molar-refractivity contribution in [1.82, 2.24) is 10.2 Å². The highest BCUT2D eigenvalue weighted by Gasteiger charge is 2.34. The van der Waals surface area contributed by atoms with Gasteiger partial charge in [0.2, 0.25) is 11.8 Å². The standard InChI is InChI=1S/C29H35N3O6S/c1-6-30-29(34)22(3)31(19-23-10-8-7-9-11-23)28(33)20-32(26-18-24(37-4)14-17-27(26)38-5)39(35,36)25-15-12-21(2)13-16-25/h7-18,22H,6,19-20H2,1-5H3,(H,30,34)/t22-/m1/s1. The first-order chi connectivity index (χ1) is 18.6. The van der Waals surface area contributed by atoms with Crippen LogP contribution >= 0.6 is 0 Å². The monoisotopic (exact) mass is 553 g/mol. The van der Waals surface area contributed by atoms with E-state index < -0.39 is 28.5 Å². The summed E-state index contributed by atoms with van der Waals surface area (Å²) in [6.45, 7) is 5.20. The minimum atomic E-state index is -4.24. The number of likely N-dealkylation sites (N-methyl/N-ethyl adjacent to an activating group) is 1. The predicted octanol–water partition coefficient (Wildman–Crippen LogP) is 3.76. The smallest absolute Gasteiger partial charge is 0.264 e. The van der Waals surface area contributed by atoms with E-state index >= 15 is 0 Å². The molecular formula is C29H35N3O6S. The van der Waals surface area contributed by atoms with E-state index in [1.165, 1.54) is 37.3 Å². The summed E-state index contributed by atoms with van der Waals surface area (Å²) in [7, 11) is -1.35. The van der Waals surface area contributed by atoms with E-state index in [1.807, 2.05) is 37.3 Å². The number of anilines is 1. The number of aryl methyl sites for hydroxylation is 1. The Bertz CT molecular complexity index is 1380. The van der Waals surface area contributed by atoms with Crippen molar-refractivity contribution in [2.75, 3.05) is 31.6 Å². The van der Waals surface area contributed by atoms with Crippen LogP contribution in [0.25, 0.3) is 0 Å². The fraction of sp³-hybridized carbons (Fsp3) is 0.310. The Labute approximate surface area is 230 Å². The number of rotatable bonds is 12. The number of amides is 2. The molecule has 3 aromatic rings. The number of benzene rings is 3. The maximum absolute atomic E-state index is 14.0. The normalized spacial score (nSPS) is 11.8. The quantitative estimate of drug-likeness (QED) is 0.366. The van der Waals surface area contributed by atoms with Crippen LogP contribution in [-0.4, -0.2) is 58.5 Å². The first-order valence-corrected chi connectivity index (χ1v) is 14.0. The Morgan fingerprint density at radius 2 is 1.62 bits per heavy atom. The van der Waals surface area contributed by atoms with Crippen LogP contribution in [0.3, 0.4) is 0 Å². The molecule has 0 aliphatic heterocycles. The Morgan fingerprint density at radius 1 is 0.949 bits per heavy atom. The molecule has 0 heterocycles. The van der Waals surface area contributed by atoms with Crippen LogP contribution in [0.2, 0.25) is 0 Å². The molecule has 1 atom stereocenters. The zero-order chi connectivity index (χ0) is 28.6. The van der Waals surface area contributed by atoms with Gasteiger partial charge in [-0.3, -0.25) is 13.9 Å². The molecule has 0 aromatic heterocycles. The van der Waals surface area contributed by atoms with Crippen molar-refractivity contribution in [1.29, 1.82) is 0 Å². The van der Waals surface area contributed by atoms with E-state index in [-0.39, 0.29) is 28.8 Å². The van der Waals surface area contributed by atoms with Crippen molar-refractivity contribution in [3.8, 4) is 11.5 Å². The number of hydrogen-bond acceptors (Lipinski definition) is 6. The Hall–Kier alpha value is -4.05. The van der Waals surface area contributed by atoms with Crippen molar-refractivity contribution >= 4 is 27.5 Å². The second kappa shape index (κ2) is 13.1. The van der Waals surface area contributed by atoms with Gasteiger partial charge in [-0.2, -0.15) is 0 Å². The van der Waals surface area contributed by atoms with Gasteiger partial charge >= 0.3 is 0 Å². The Morgan fingerprint density at radius 3 is 2.21 bits per heavy atom. The molecule has 0 spiro atoms. The Kier molecular flexibility index (Phi) is 9.95. The molecule has 2 amide bonds. The summed E-state index contributed by atoms with van der Waals surface area (Å²) in [6, 6.07) is 19.5. The first kappa shape index (κ1) is 29.5. The molecule has 0 radical (unpaired) electrons. The van der Waals surface area contributed by atoms with Crippen LogP contribution in [-0.2, 0) is 26.2 Å². The lowest BCUT2D eigenvalue weighted by molar-refractivity contribution is -0.139. The maximum atomic E-state index is 14.0. The number of nitrogens with zero attached hydrogens (tertiary/aromatic N) is 2. The minimum absolute atomic E-state index is 0.0113. The van der Waals surface area contributed by atoms with Gasteiger partial charge in [-0.25, -0.2) is 8.42 Å². The topological polar surface area (TPSA) is 105 Å². The highest BCUT2D eigenvalue weighted by molar-refractivity contribution is 7.92. The van der Waals surface area contributed by atoms with Crippen LogP contribution < -0.4 is 19.1 Å². The number of sulfonamides is 1. The number of nitrogens with one attached hydrogen (secondary N) is 1. The average Bonchev–Trinajstić information content (AvgIpc) is 2.94. The van der Waals surface area contributed by atoms with Gasteiger partial charge in [0.05, 0.1) is 24.8 Å². The lowest BCUT2D eigenvalue weighted by Gasteiger charge is -2.32. The van der Waals surface area contributed by atoms with Gasteiger partial charge in [0.15, 0.2) is 0 Å². The number of hydrogen-bond donors (Lipinski definition) is 1. The number of carbonyl (C=O) groups is 2. The van der Waals surface area contributed by atoms with Gasteiger partial charge in [-0.15, -0.1) is 0 Å². The van der Waals surface area contributed by atoms with Crippen molar-refractivity contribution in [3.63, 3.8) is 0 Å². The molecule has 10 heteroatoms. The average molecular weight is 554 g/mol. The largest absolute Gasteiger partial charge is 0.497 e. The lowest BCUT2D eigenvalue weighted by Crippen LogP contribution is -2.51. The fourth-order valence-electron chi connectivity index (χ4n) is 4.03. The summed E-state index contributed by atoms with van der Waals surface area (Å²) in [5.41, 5.74) is 1.82. The molecule has 0 saturated heterocycles. The molecule has 0 fully saturated rings. The molecule has 3 aromatic carbocycles. The maximum Gasteiger partial charge on any atom is 0.264 e. The lowest BCUT2D eigenvalue weighted by atomic mass is 10.1. The van der Waals surface area contributed by atoms with Crippen molar-refractivity contribution in [3.05, 3.63) is 83.9 Å². The molecular weight excluding hydrogens is 518 g/mol. The second-order valence-corrected chi connectivity index (χ2v) is 10.8. The second-order valence-electron chi connectivity index (χ2n) is 8.94. The zero-order valence-corrected chi connectivity index (χ0v) is 23.7. The first-order valence-electron chi connectivity index (χ1n) is 12.5. The highest BCUT2D eigenvalue weighted by Crippen LogP contribution is 2.36. The van der Waals surface area contributed by atoms with Gasteiger partial charge in [-0.05, 0) is 50.6 Å². The van der Waals surface area contributed by atoms with E-state index in [1.54, 1.807) is 38.1 Å². The summed E-state index contributed by atoms with van der Waals surface area (Å²) < 4.78 is 39.9. The molecule has 0 bridgehead atoms.